The summed E-state index contributed by atoms with van der Waals surface area (Å²) in [5.74, 6) is -1.35. The number of benzene rings is 1. The van der Waals surface area contributed by atoms with Crippen molar-refractivity contribution in [2.45, 2.75) is 19.8 Å². The average Bonchev–Trinajstić information content (AvgIpc) is 2.38. The molecular weight excluding hydrogens is 266 g/mol. The maximum absolute atomic E-state index is 11.5. The highest BCUT2D eigenvalue weighted by atomic mass is 16.6. The van der Waals surface area contributed by atoms with E-state index in [0.29, 0.717) is 6.54 Å². The SMILES string of the molecule is CCCCNC(=O)Nc1ccc([N+](=O)[O-])cc1C(=O)O. The zero-order valence-corrected chi connectivity index (χ0v) is 10.9. The van der Waals surface area contributed by atoms with Gasteiger partial charge in [0.05, 0.1) is 16.2 Å². The third kappa shape index (κ3) is 4.23. The van der Waals surface area contributed by atoms with E-state index in [1.165, 1.54) is 6.07 Å². The van der Waals surface area contributed by atoms with Crippen molar-refractivity contribution in [1.29, 1.82) is 0 Å². The number of rotatable bonds is 6. The number of amides is 2. The second-order valence-corrected chi connectivity index (χ2v) is 4.03. The molecule has 0 aliphatic rings. The van der Waals surface area contributed by atoms with Crippen LogP contribution in [0.25, 0.3) is 0 Å². The van der Waals surface area contributed by atoms with Gasteiger partial charge in [0.15, 0.2) is 0 Å². The number of urea groups is 1. The molecule has 0 heterocycles. The van der Waals surface area contributed by atoms with Gasteiger partial charge in [0, 0.05) is 18.7 Å². The van der Waals surface area contributed by atoms with Gasteiger partial charge < -0.3 is 15.7 Å². The fraction of sp³-hybridized carbons (Fsp3) is 0.333. The molecular formula is C12H15N3O5. The quantitative estimate of drug-likeness (QED) is 0.419. The number of aromatic carboxylic acids is 1. The average molecular weight is 281 g/mol. The van der Waals surface area contributed by atoms with Gasteiger partial charge in [0.1, 0.15) is 0 Å². The molecule has 0 radical (unpaired) electrons. The summed E-state index contributed by atoms with van der Waals surface area (Å²) in [5.41, 5.74) is -0.665. The summed E-state index contributed by atoms with van der Waals surface area (Å²) in [5, 5.41) is 24.5. The molecule has 20 heavy (non-hydrogen) atoms. The number of carbonyl (C=O) groups is 2. The number of hydrogen-bond donors (Lipinski definition) is 3. The van der Waals surface area contributed by atoms with Gasteiger partial charge in [-0.1, -0.05) is 13.3 Å². The fourth-order valence-corrected chi connectivity index (χ4v) is 1.48. The van der Waals surface area contributed by atoms with Gasteiger partial charge >= 0.3 is 12.0 Å². The first kappa shape index (κ1) is 15.4. The number of anilines is 1. The van der Waals surface area contributed by atoms with Crippen molar-refractivity contribution in [3.05, 3.63) is 33.9 Å². The Balaban J connectivity index is 2.86. The summed E-state index contributed by atoms with van der Waals surface area (Å²) < 4.78 is 0. The minimum Gasteiger partial charge on any atom is -0.478 e. The molecule has 0 aromatic heterocycles. The molecule has 0 unspecified atom stereocenters. The van der Waals surface area contributed by atoms with E-state index in [0.717, 1.165) is 25.0 Å². The van der Waals surface area contributed by atoms with Crippen LogP contribution in [0.15, 0.2) is 18.2 Å². The minimum absolute atomic E-state index is 0.0112. The number of nitrogens with one attached hydrogen (secondary N) is 2. The number of non-ortho nitro benzene ring substituents is 1. The molecule has 0 aliphatic carbocycles. The molecule has 0 aliphatic heterocycles. The van der Waals surface area contributed by atoms with Gasteiger partial charge in [0.2, 0.25) is 0 Å². The zero-order valence-electron chi connectivity index (χ0n) is 10.9. The highest BCUT2D eigenvalue weighted by molar-refractivity contribution is 6.00. The topological polar surface area (TPSA) is 122 Å². The largest absolute Gasteiger partial charge is 0.478 e. The van der Waals surface area contributed by atoms with E-state index in [1.807, 2.05) is 6.92 Å². The van der Waals surface area contributed by atoms with Crippen molar-refractivity contribution < 1.29 is 19.6 Å². The van der Waals surface area contributed by atoms with Gasteiger partial charge in [-0.3, -0.25) is 10.1 Å². The highest BCUT2D eigenvalue weighted by Gasteiger charge is 2.17. The monoisotopic (exact) mass is 281 g/mol. The number of carboxylic acids is 1. The van der Waals surface area contributed by atoms with Crippen LogP contribution >= 0.6 is 0 Å². The molecule has 0 fully saturated rings. The lowest BCUT2D eigenvalue weighted by atomic mass is 10.1. The molecule has 3 N–H and O–H groups in total. The molecule has 0 saturated carbocycles. The van der Waals surface area contributed by atoms with E-state index in [9.17, 15) is 19.7 Å². The van der Waals surface area contributed by atoms with Crippen LogP contribution < -0.4 is 10.6 Å². The molecule has 0 spiro atoms. The Morgan fingerprint density at radius 3 is 2.65 bits per heavy atom. The van der Waals surface area contributed by atoms with Gasteiger partial charge in [-0.2, -0.15) is 0 Å². The van der Waals surface area contributed by atoms with Gasteiger partial charge in [-0.25, -0.2) is 9.59 Å². The summed E-state index contributed by atoms with van der Waals surface area (Å²) in [7, 11) is 0. The van der Waals surface area contributed by atoms with E-state index < -0.39 is 16.9 Å². The number of hydrogen-bond acceptors (Lipinski definition) is 4. The second kappa shape index (κ2) is 7.07. The molecule has 8 heteroatoms. The van der Waals surface area contributed by atoms with Crippen molar-refractivity contribution in [3.8, 4) is 0 Å². The van der Waals surface area contributed by atoms with E-state index in [4.69, 9.17) is 5.11 Å². The molecule has 1 aromatic rings. The fourth-order valence-electron chi connectivity index (χ4n) is 1.48. The first-order valence-corrected chi connectivity index (χ1v) is 6.02. The summed E-state index contributed by atoms with van der Waals surface area (Å²) in [6, 6.07) is 2.69. The lowest BCUT2D eigenvalue weighted by Gasteiger charge is -2.09. The summed E-state index contributed by atoms with van der Waals surface area (Å²) in [6.07, 6.45) is 1.72. The predicted molar refractivity (Wildman–Crippen MR) is 72.0 cm³/mol. The first-order chi connectivity index (χ1) is 9.45. The Kier molecular flexibility index (Phi) is 5.45. The molecule has 2 amide bonds. The molecule has 0 bridgehead atoms. The van der Waals surface area contributed by atoms with E-state index in [2.05, 4.69) is 10.6 Å². The van der Waals surface area contributed by atoms with Crippen LogP contribution in [-0.4, -0.2) is 28.6 Å². The van der Waals surface area contributed by atoms with Gasteiger partial charge in [0.25, 0.3) is 5.69 Å². The lowest BCUT2D eigenvalue weighted by Crippen LogP contribution is -2.30. The number of nitro groups is 1. The number of nitrogens with zero attached hydrogens (tertiary/aromatic N) is 1. The Bertz CT molecular complexity index is 530. The van der Waals surface area contributed by atoms with Crippen molar-refractivity contribution in [1.82, 2.24) is 5.32 Å². The maximum Gasteiger partial charge on any atom is 0.338 e. The van der Waals surface area contributed by atoms with Gasteiger partial charge in [-0.05, 0) is 12.5 Å². The second-order valence-electron chi connectivity index (χ2n) is 4.03. The Hall–Kier alpha value is -2.64. The van der Waals surface area contributed by atoms with Crippen LogP contribution in [0.2, 0.25) is 0 Å². The molecule has 0 atom stereocenters. The number of carboxylic acid groups (broad SMARTS) is 1. The van der Waals surface area contributed by atoms with Gasteiger partial charge in [-0.15, -0.1) is 0 Å². The van der Waals surface area contributed by atoms with Crippen LogP contribution in [-0.2, 0) is 0 Å². The van der Waals surface area contributed by atoms with Crippen LogP contribution in [0, 0.1) is 10.1 Å². The van der Waals surface area contributed by atoms with Crippen molar-refractivity contribution in [2.75, 3.05) is 11.9 Å². The van der Waals surface area contributed by atoms with E-state index in [1.54, 1.807) is 0 Å². The van der Waals surface area contributed by atoms with E-state index in [-0.39, 0.29) is 16.9 Å². The smallest absolute Gasteiger partial charge is 0.338 e. The standard InChI is InChI=1S/C12H15N3O5/c1-2-3-6-13-12(18)14-10-5-4-8(15(19)20)7-9(10)11(16)17/h4-5,7H,2-3,6H2,1H3,(H,16,17)(H2,13,14,18). The number of carbonyl (C=O) groups excluding carboxylic acids is 1. The first-order valence-electron chi connectivity index (χ1n) is 6.02. The summed E-state index contributed by atoms with van der Waals surface area (Å²) >= 11 is 0. The highest BCUT2D eigenvalue weighted by Crippen LogP contribution is 2.22. The van der Waals surface area contributed by atoms with Crippen molar-refractivity contribution in [3.63, 3.8) is 0 Å². The van der Waals surface area contributed by atoms with Crippen LogP contribution in [0.1, 0.15) is 30.1 Å². The van der Waals surface area contributed by atoms with Crippen molar-refractivity contribution >= 4 is 23.4 Å². The molecule has 0 saturated heterocycles. The predicted octanol–water partition coefficient (Wildman–Crippen LogP) is 2.21. The third-order valence-electron chi connectivity index (χ3n) is 2.51. The van der Waals surface area contributed by atoms with Crippen LogP contribution in [0.3, 0.4) is 0 Å². The molecule has 1 rings (SSSR count). The Labute approximate surface area is 114 Å². The normalized spacial score (nSPS) is 9.85. The molecule has 8 nitrogen and oxygen atoms in total. The number of unbranched alkanes of at least 4 members (excludes halogenated alkanes) is 1. The molecule has 1 aromatic carbocycles. The molecule has 108 valence electrons. The lowest BCUT2D eigenvalue weighted by molar-refractivity contribution is -0.384. The van der Waals surface area contributed by atoms with Crippen LogP contribution in [0.4, 0.5) is 16.2 Å². The maximum atomic E-state index is 11.5. The third-order valence-corrected chi connectivity index (χ3v) is 2.51. The van der Waals surface area contributed by atoms with Crippen LogP contribution in [0.5, 0.6) is 0 Å². The summed E-state index contributed by atoms with van der Waals surface area (Å²) in [4.78, 5) is 32.5. The zero-order chi connectivity index (χ0) is 15.1. The Morgan fingerprint density at radius 2 is 2.10 bits per heavy atom. The minimum atomic E-state index is -1.35. The van der Waals surface area contributed by atoms with E-state index >= 15 is 0 Å². The summed E-state index contributed by atoms with van der Waals surface area (Å²) in [6.45, 7) is 2.44. The van der Waals surface area contributed by atoms with Crippen molar-refractivity contribution in [2.24, 2.45) is 0 Å². The Morgan fingerprint density at radius 1 is 1.40 bits per heavy atom. The number of nitro benzene ring substituents is 1.